The Labute approximate surface area is 152 Å². The lowest BCUT2D eigenvalue weighted by molar-refractivity contribution is -0.120. The van der Waals surface area contributed by atoms with E-state index in [0.29, 0.717) is 32.1 Å². The Bertz CT molecular complexity index is 802. The maximum absolute atomic E-state index is 13.3. The van der Waals surface area contributed by atoms with E-state index in [9.17, 15) is 9.18 Å². The molecule has 138 valence electrons. The highest BCUT2D eigenvalue weighted by Crippen LogP contribution is 2.16. The number of rotatable bonds is 4. The van der Waals surface area contributed by atoms with Crippen LogP contribution in [-0.2, 0) is 18.4 Å². The van der Waals surface area contributed by atoms with Gasteiger partial charge in [0, 0.05) is 32.9 Å². The van der Waals surface area contributed by atoms with Gasteiger partial charge in [0.15, 0.2) is 5.96 Å². The number of benzene rings is 1. The second kappa shape index (κ2) is 7.99. The zero-order valence-electron chi connectivity index (χ0n) is 15.0. The second-order valence-electron chi connectivity index (χ2n) is 6.14. The van der Waals surface area contributed by atoms with E-state index < -0.39 is 0 Å². The maximum Gasteiger partial charge on any atom is 0.246 e. The van der Waals surface area contributed by atoms with Crippen LogP contribution < -0.4 is 10.2 Å². The van der Waals surface area contributed by atoms with Crippen LogP contribution >= 0.6 is 0 Å². The van der Waals surface area contributed by atoms with Crippen molar-refractivity contribution in [2.45, 2.75) is 13.5 Å². The van der Waals surface area contributed by atoms with Crippen LogP contribution in [0.4, 0.5) is 10.1 Å². The summed E-state index contributed by atoms with van der Waals surface area (Å²) in [5.41, 5.74) is 1.60. The lowest BCUT2D eigenvalue weighted by Gasteiger charge is -2.35. The van der Waals surface area contributed by atoms with Gasteiger partial charge in [0.25, 0.3) is 0 Å². The molecule has 1 saturated heterocycles. The molecule has 1 aromatic heterocycles. The average molecular weight is 358 g/mol. The highest BCUT2D eigenvalue weighted by molar-refractivity contribution is 5.98. The van der Waals surface area contributed by atoms with Gasteiger partial charge in [-0.15, -0.1) is 0 Å². The van der Waals surface area contributed by atoms with E-state index in [1.807, 2.05) is 31.1 Å². The predicted molar refractivity (Wildman–Crippen MR) is 98.3 cm³/mol. The molecule has 7 nitrogen and oxygen atoms in total. The Kier molecular flexibility index (Phi) is 5.50. The van der Waals surface area contributed by atoms with Gasteiger partial charge in [-0.25, -0.2) is 9.38 Å². The normalized spacial score (nSPS) is 15.5. The van der Waals surface area contributed by atoms with Crippen molar-refractivity contribution in [1.29, 1.82) is 0 Å². The number of carbonyl (C=O) groups excluding carboxylic acids is 1. The van der Waals surface area contributed by atoms with E-state index in [1.54, 1.807) is 21.8 Å². The SMILES string of the molecule is CCNC(=NCc1cccc(F)c1)N1CCN(c2cnn(C)c2)C(=O)C1. The lowest BCUT2D eigenvalue weighted by Crippen LogP contribution is -2.55. The molecule has 1 fully saturated rings. The van der Waals surface area contributed by atoms with Gasteiger partial charge in [-0.3, -0.25) is 9.48 Å². The van der Waals surface area contributed by atoms with Crippen LogP contribution in [0.15, 0.2) is 41.7 Å². The number of aromatic nitrogens is 2. The third kappa shape index (κ3) is 4.19. The van der Waals surface area contributed by atoms with E-state index in [1.165, 1.54) is 12.1 Å². The summed E-state index contributed by atoms with van der Waals surface area (Å²) in [6.07, 6.45) is 3.52. The van der Waals surface area contributed by atoms with E-state index in [2.05, 4.69) is 15.4 Å². The van der Waals surface area contributed by atoms with Crippen LogP contribution in [0.3, 0.4) is 0 Å². The molecule has 1 aliphatic heterocycles. The highest BCUT2D eigenvalue weighted by atomic mass is 19.1. The Morgan fingerprint density at radius 1 is 1.38 bits per heavy atom. The summed E-state index contributed by atoms with van der Waals surface area (Å²) in [4.78, 5) is 20.8. The van der Waals surface area contributed by atoms with Crippen molar-refractivity contribution in [3.8, 4) is 0 Å². The fraction of sp³-hybridized carbons (Fsp3) is 0.389. The minimum Gasteiger partial charge on any atom is -0.356 e. The molecule has 1 aromatic carbocycles. The van der Waals surface area contributed by atoms with Gasteiger partial charge >= 0.3 is 0 Å². The summed E-state index contributed by atoms with van der Waals surface area (Å²) in [5.74, 6) is 0.388. The number of amides is 1. The van der Waals surface area contributed by atoms with Gasteiger partial charge in [-0.05, 0) is 24.6 Å². The average Bonchev–Trinajstić information content (AvgIpc) is 3.04. The van der Waals surface area contributed by atoms with E-state index in [-0.39, 0.29) is 18.3 Å². The van der Waals surface area contributed by atoms with Crippen molar-refractivity contribution in [1.82, 2.24) is 20.0 Å². The fourth-order valence-electron chi connectivity index (χ4n) is 2.90. The van der Waals surface area contributed by atoms with Crippen molar-refractivity contribution >= 4 is 17.6 Å². The van der Waals surface area contributed by atoms with Gasteiger partial charge in [-0.2, -0.15) is 5.10 Å². The minimum atomic E-state index is -0.275. The summed E-state index contributed by atoms with van der Waals surface area (Å²) >= 11 is 0. The Morgan fingerprint density at radius 2 is 2.23 bits per heavy atom. The third-order valence-corrected chi connectivity index (χ3v) is 4.16. The third-order valence-electron chi connectivity index (χ3n) is 4.16. The first-order chi connectivity index (χ1) is 12.6. The molecule has 3 rings (SSSR count). The highest BCUT2D eigenvalue weighted by Gasteiger charge is 2.27. The molecule has 1 N–H and O–H groups in total. The van der Waals surface area contributed by atoms with Gasteiger partial charge in [0.1, 0.15) is 12.4 Å². The molecule has 0 saturated carbocycles. The summed E-state index contributed by atoms with van der Waals surface area (Å²) in [6.45, 7) is 4.50. The smallest absolute Gasteiger partial charge is 0.246 e. The number of halogens is 1. The number of anilines is 1. The number of aryl methyl sites for hydroxylation is 1. The number of piperazine rings is 1. The van der Waals surface area contributed by atoms with Crippen LogP contribution in [0.1, 0.15) is 12.5 Å². The molecule has 26 heavy (non-hydrogen) atoms. The summed E-state index contributed by atoms with van der Waals surface area (Å²) < 4.78 is 15.0. The van der Waals surface area contributed by atoms with Crippen molar-refractivity contribution in [3.05, 3.63) is 48.0 Å². The van der Waals surface area contributed by atoms with E-state index in [0.717, 1.165) is 11.3 Å². The number of carbonyl (C=O) groups is 1. The summed E-state index contributed by atoms with van der Waals surface area (Å²) in [6, 6.07) is 6.39. The standard InChI is InChI=1S/C18H23FN6O/c1-3-20-18(21-10-14-5-4-6-15(19)9-14)24-7-8-25(17(26)13-24)16-11-22-23(2)12-16/h4-6,9,11-12H,3,7-8,10,13H2,1-2H3,(H,20,21). The van der Waals surface area contributed by atoms with E-state index >= 15 is 0 Å². The zero-order chi connectivity index (χ0) is 18.5. The minimum absolute atomic E-state index is 0.000564. The lowest BCUT2D eigenvalue weighted by atomic mass is 10.2. The number of nitrogens with one attached hydrogen (secondary N) is 1. The van der Waals surface area contributed by atoms with Gasteiger partial charge in [0.05, 0.1) is 18.4 Å². The number of nitrogens with zero attached hydrogens (tertiary/aromatic N) is 5. The van der Waals surface area contributed by atoms with Crippen LogP contribution in [0.25, 0.3) is 0 Å². The summed E-state index contributed by atoms with van der Waals surface area (Å²) in [7, 11) is 1.83. The second-order valence-corrected chi connectivity index (χ2v) is 6.14. The van der Waals surface area contributed by atoms with Crippen molar-refractivity contribution < 1.29 is 9.18 Å². The fourth-order valence-corrected chi connectivity index (χ4v) is 2.90. The first-order valence-corrected chi connectivity index (χ1v) is 8.63. The van der Waals surface area contributed by atoms with Gasteiger partial charge < -0.3 is 15.1 Å². The number of hydrogen-bond donors (Lipinski definition) is 1. The van der Waals surface area contributed by atoms with Crippen LogP contribution in [-0.4, -0.2) is 52.7 Å². The molecule has 2 aromatic rings. The van der Waals surface area contributed by atoms with Gasteiger partial charge in [-0.1, -0.05) is 12.1 Å². The van der Waals surface area contributed by atoms with Crippen LogP contribution in [0, 0.1) is 5.82 Å². The quantitative estimate of drug-likeness (QED) is 0.662. The Morgan fingerprint density at radius 3 is 2.88 bits per heavy atom. The molecule has 0 spiro atoms. The first kappa shape index (κ1) is 17.9. The molecule has 1 aliphatic rings. The molecule has 0 bridgehead atoms. The molecule has 0 atom stereocenters. The molecular formula is C18H23FN6O. The Hall–Kier alpha value is -2.90. The van der Waals surface area contributed by atoms with Crippen molar-refractivity contribution in [2.24, 2.45) is 12.0 Å². The van der Waals surface area contributed by atoms with Gasteiger partial charge in [0.2, 0.25) is 5.91 Å². The molecule has 8 heteroatoms. The number of guanidine groups is 1. The molecule has 0 aliphatic carbocycles. The van der Waals surface area contributed by atoms with E-state index in [4.69, 9.17) is 0 Å². The van der Waals surface area contributed by atoms with Crippen molar-refractivity contribution in [3.63, 3.8) is 0 Å². The molecular weight excluding hydrogens is 335 g/mol. The Balaban J connectivity index is 1.69. The molecule has 0 unspecified atom stereocenters. The monoisotopic (exact) mass is 358 g/mol. The molecule has 2 heterocycles. The molecule has 1 amide bonds. The first-order valence-electron chi connectivity index (χ1n) is 8.63. The predicted octanol–water partition coefficient (Wildman–Crippen LogP) is 1.37. The van der Waals surface area contributed by atoms with Crippen LogP contribution in [0.5, 0.6) is 0 Å². The number of aliphatic imine (C=N–C) groups is 1. The van der Waals surface area contributed by atoms with Crippen LogP contribution in [0.2, 0.25) is 0 Å². The summed E-state index contributed by atoms with van der Waals surface area (Å²) in [5, 5.41) is 7.33. The van der Waals surface area contributed by atoms with Crippen molar-refractivity contribution in [2.75, 3.05) is 31.1 Å². The number of hydrogen-bond acceptors (Lipinski definition) is 3. The molecule has 0 radical (unpaired) electrons. The zero-order valence-corrected chi connectivity index (χ0v) is 15.0. The topological polar surface area (TPSA) is 65.8 Å². The largest absolute Gasteiger partial charge is 0.356 e. The maximum atomic E-state index is 13.3.